The van der Waals surface area contributed by atoms with E-state index >= 15 is 0 Å². The van der Waals surface area contributed by atoms with Gasteiger partial charge in [-0.05, 0) is 50.6 Å². The minimum Gasteiger partial charge on any atom is -0.369 e. The number of hydrogen-bond acceptors (Lipinski definition) is 4. The second kappa shape index (κ2) is 8.29. The van der Waals surface area contributed by atoms with Crippen molar-refractivity contribution in [3.8, 4) is 0 Å². The van der Waals surface area contributed by atoms with Crippen LogP contribution < -0.4 is 16.0 Å². The summed E-state index contributed by atoms with van der Waals surface area (Å²) in [5.74, 6) is 1.49. The molecular formula is C19H28N4O. The lowest BCUT2D eigenvalue weighted by molar-refractivity contribution is -0.122. The molecule has 5 nitrogen and oxygen atoms in total. The number of aromatic nitrogens is 1. The number of rotatable bonds is 6. The minimum absolute atomic E-state index is 0.0596. The van der Waals surface area contributed by atoms with Gasteiger partial charge < -0.3 is 16.0 Å². The minimum atomic E-state index is -0.194. The van der Waals surface area contributed by atoms with Crippen LogP contribution in [0.1, 0.15) is 37.7 Å². The van der Waals surface area contributed by atoms with Crippen LogP contribution in [0.4, 0.5) is 5.82 Å². The highest BCUT2D eigenvalue weighted by atomic mass is 16.1. The normalized spacial score (nSPS) is 24.1. The summed E-state index contributed by atoms with van der Waals surface area (Å²) in [6, 6.07) is 4.11. The number of piperidine rings is 1. The molecule has 1 saturated heterocycles. The fourth-order valence-corrected chi connectivity index (χ4v) is 3.71. The van der Waals surface area contributed by atoms with Crippen LogP contribution in [0, 0.1) is 11.8 Å². The van der Waals surface area contributed by atoms with Gasteiger partial charge in [-0.25, -0.2) is 4.98 Å². The maximum atomic E-state index is 11.5. The lowest BCUT2D eigenvalue weighted by atomic mass is 9.94. The Bertz CT molecular complexity index is 586. The lowest BCUT2D eigenvalue weighted by Crippen LogP contribution is -2.42. The van der Waals surface area contributed by atoms with Gasteiger partial charge in [0, 0.05) is 31.4 Å². The molecule has 2 atom stereocenters. The van der Waals surface area contributed by atoms with E-state index in [0.29, 0.717) is 6.54 Å². The Morgan fingerprint density at radius 2 is 2.29 bits per heavy atom. The average Bonchev–Trinajstić information content (AvgIpc) is 2.63. The molecule has 24 heavy (non-hydrogen) atoms. The Kier molecular flexibility index (Phi) is 5.86. The van der Waals surface area contributed by atoms with Crippen LogP contribution in [0.5, 0.6) is 0 Å². The number of carbonyl (C=O) groups excluding carboxylic acids is 1. The van der Waals surface area contributed by atoms with Crippen molar-refractivity contribution in [3.05, 3.63) is 36.0 Å². The molecule has 0 saturated carbocycles. The summed E-state index contributed by atoms with van der Waals surface area (Å²) in [7, 11) is 0. The molecule has 2 unspecified atom stereocenters. The molecule has 0 spiro atoms. The first-order valence-corrected chi connectivity index (χ1v) is 9.08. The molecule has 3 rings (SSSR count). The Morgan fingerprint density at radius 3 is 3.08 bits per heavy atom. The first-order valence-electron chi connectivity index (χ1n) is 9.08. The SMILES string of the molecule is NC(=O)C1CCCN(c2ncccc2CNCC2CC=CCC2)C1. The number of allylic oxidation sites excluding steroid dienone is 2. The van der Waals surface area contributed by atoms with Crippen LogP contribution in [0.25, 0.3) is 0 Å². The van der Waals surface area contributed by atoms with Gasteiger partial charge in [-0.3, -0.25) is 4.79 Å². The molecule has 2 aliphatic rings. The van der Waals surface area contributed by atoms with Crippen LogP contribution in [-0.4, -0.2) is 30.5 Å². The Labute approximate surface area is 144 Å². The molecule has 5 heteroatoms. The van der Waals surface area contributed by atoms with Crippen molar-refractivity contribution in [1.29, 1.82) is 0 Å². The summed E-state index contributed by atoms with van der Waals surface area (Å²) in [6.07, 6.45) is 11.9. The van der Waals surface area contributed by atoms with Crippen molar-refractivity contribution in [2.45, 2.75) is 38.6 Å². The maximum absolute atomic E-state index is 11.5. The van der Waals surface area contributed by atoms with Crippen molar-refractivity contribution in [2.75, 3.05) is 24.5 Å². The van der Waals surface area contributed by atoms with Gasteiger partial charge in [-0.15, -0.1) is 0 Å². The van der Waals surface area contributed by atoms with E-state index in [4.69, 9.17) is 5.73 Å². The van der Waals surface area contributed by atoms with Crippen LogP contribution in [0.15, 0.2) is 30.5 Å². The summed E-state index contributed by atoms with van der Waals surface area (Å²) in [5.41, 5.74) is 6.71. The maximum Gasteiger partial charge on any atom is 0.222 e. The van der Waals surface area contributed by atoms with Gasteiger partial charge in [0.05, 0.1) is 5.92 Å². The predicted molar refractivity (Wildman–Crippen MR) is 96.6 cm³/mol. The number of anilines is 1. The van der Waals surface area contributed by atoms with Crippen molar-refractivity contribution < 1.29 is 4.79 Å². The smallest absolute Gasteiger partial charge is 0.222 e. The predicted octanol–water partition coefficient (Wildman–Crippen LogP) is 2.23. The molecule has 2 heterocycles. The molecular weight excluding hydrogens is 300 g/mol. The van der Waals surface area contributed by atoms with E-state index < -0.39 is 0 Å². The third-order valence-corrected chi connectivity index (χ3v) is 5.12. The first-order chi connectivity index (χ1) is 11.7. The van der Waals surface area contributed by atoms with E-state index in [1.807, 2.05) is 12.3 Å². The van der Waals surface area contributed by atoms with Crippen molar-refractivity contribution >= 4 is 11.7 Å². The Hall–Kier alpha value is -1.88. The molecule has 0 bridgehead atoms. The van der Waals surface area contributed by atoms with Crippen LogP contribution in [0.3, 0.4) is 0 Å². The Balaban J connectivity index is 1.60. The highest BCUT2D eigenvalue weighted by Gasteiger charge is 2.25. The van der Waals surface area contributed by atoms with Crippen LogP contribution in [0.2, 0.25) is 0 Å². The van der Waals surface area contributed by atoms with Gasteiger partial charge >= 0.3 is 0 Å². The van der Waals surface area contributed by atoms with Crippen molar-refractivity contribution in [2.24, 2.45) is 17.6 Å². The highest BCUT2D eigenvalue weighted by Crippen LogP contribution is 2.24. The van der Waals surface area contributed by atoms with Crippen molar-refractivity contribution in [3.63, 3.8) is 0 Å². The average molecular weight is 328 g/mol. The molecule has 0 radical (unpaired) electrons. The zero-order chi connectivity index (χ0) is 16.8. The molecule has 1 fully saturated rings. The standard InChI is InChI=1S/C19H28N4O/c20-18(24)17-9-5-11-23(14-17)19-16(8-4-10-22-19)13-21-12-15-6-2-1-3-7-15/h1-2,4,8,10,15,17,21H,3,5-7,9,11-14H2,(H2,20,24). The molecule has 3 N–H and O–H groups in total. The molecule has 1 amide bonds. The molecule has 130 valence electrons. The number of amides is 1. The molecule has 1 aromatic heterocycles. The first kappa shape index (κ1) is 17.0. The zero-order valence-electron chi connectivity index (χ0n) is 14.3. The molecule has 1 aliphatic heterocycles. The second-order valence-electron chi connectivity index (χ2n) is 6.96. The van der Waals surface area contributed by atoms with E-state index in [-0.39, 0.29) is 11.8 Å². The molecule has 0 aromatic carbocycles. The number of primary amides is 1. The summed E-state index contributed by atoms with van der Waals surface area (Å²) in [5, 5.41) is 3.59. The van der Waals surface area contributed by atoms with Gasteiger partial charge in [0.2, 0.25) is 5.91 Å². The van der Waals surface area contributed by atoms with E-state index in [1.54, 1.807) is 0 Å². The van der Waals surface area contributed by atoms with E-state index in [9.17, 15) is 4.79 Å². The van der Waals surface area contributed by atoms with E-state index in [0.717, 1.165) is 44.2 Å². The van der Waals surface area contributed by atoms with Crippen LogP contribution in [-0.2, 0) is 11.3 Å². The number of hydrogen-bond donors (Lipinski definition) is 2. The second-order valence-corrected chi connectivity index (χ2v) is 6.96. The van der Waals surface area contributed by atoms with E-state index in [2.05, 4.69) is 33.4 Å². The Morgan fingerprint density at radius 1 is 1.38 bits per heavy atom. The zero-order valence-corrected chi connectivity index (χ0v) is 14.3. The fourth-order valence-electron chi connectivity index (χ4n) is 3.71. The summed E-state index contributed by atoms with van der Waals surface area (Å²) in [6.45, 7) is 3.50. The van der Waals surface area contributed by atoms with Gasteiger partial charge in [-0.1, -0.05) is 18.2 Å². The largest absolute Gasteiger partial charge is 0.369 e. The highest BCUT2D eigenvalue weighted by molar-refractivity contribution is 5.77. The van der Waals surface area contributed by atoms with Gasteiger partial charge in [0.1, 0.15) is 5.82 Å². The fraction of sp³-hybridized carbons (Fsp3) is 0.579. The summed E-state index contributed by atoms with van der Waals surface area (Å²) in [4.78, 5) is 18.3. The number of nitrogens with two attached hydrogens (primary N) is 1. The van der Waals surface area contributed by atoms with Crippen molar-refractivity contribution in [1.82, 2.24) is 10.3 Å². The molecule has 1 aromatic rings. The van der Waals surface area contributed by atoms with Crippen LogP contribution >= 0.6 is 0 Å². The number of nitrogens with zero attached hydrogens (tertiary/aromatic N) is 2. The number of nitrogens with one attached hydrogen (secondary N) is 1. The van der Waals surface area contributed by atoms with Gasteiger partial charge in [-0.2, -0.15) is 0 Å². The van der Waals surface area contributed by atoms with Gasteiger partial charge in [0.15, 0.2) is 0 Å². The third kappa shape index (κ3) is 4.35. The summed E-state index contributed by atoms with van der Waals surface area (Å²) >= 11 is 0. The lowest BCUT2D eigenvalue weighted by Gasteiger charge is -2.33. The van der Waals surface area contributed by atoms with E-state index in [1.165, 1.54) is 24.8 Å². The molecule has 1 aliphatic carbocycles. The topological polar surface area (TPSA) is 71.2 Å². The summed E-state index contributed by atoms with van der Waals surface area (Å²) < 4.78 is 0. The quantitative estimate of drug-likeness (QED) is 0.786. The number of carbonyl (C=O) groups is 1. The monoisotopic (exact) mass is 328 g/mol. The van der Waals surface area contributed by atoms with Gasteiger partial charge in [0.25, 0.3) is 0 Å². The number of pyridine rings is 1. The third-order valence-electron chi connectivity index (χ3n) is 5.12.